The van der Waals surface area contributed by atoms with Crippen LogP contribution in [0, 0.1) is 0 Å². The Bertz CT molecular complexity index is 1570. The second kappa shape index (κ2) is 9.44. The van der Waals surface area contributed by atoms with Crippen LogP contribution in [0.25, 0.3) is 22.4 Å². The number of nitrogens with one attached hydrogen (secondary N) is 3. The number of carbonyl (C=O) groups is 1. The fourth-order valence-electron chi connectivity index (χ4n) is 3.67. The molecule has 9 heteroatoms. The lowest BCUT2D eigenvalue weighted by Crippen LogP contribution is -2.19. The summed E-state index contributed by atoms with van der Waals surface area (Å²) in [6.07, 6.45) is 0.630. The summed E-state index contributed by atoms with van der Waals surface area (Å²) in [7, 11) is 1.63. The Morgan fingerprint density at radius 2 is 1.74 bits per heavy atom. The fraction of sp³-hybridized carbons (Fsp3) is 0.0769. The van der Waals surface area contributed by atoms with Crippen molar-refractivity contribution in [3.8, 4) is 17.1 Å². The Kier molecular flexibility index (Phi) is 6.03. The molecule has 0 saturated heterocycles. The van der Waals surface area contributed by atoms with E-state index in [0.29, 0.717) is 22.7 Å². The number of hydrogen-bond acceptors (Lipinski definition) is 5. The largest absolute Gasteiger partial charge is 0.497 e. The SMILES string of the molecule is COc1ccc(Cc2nc3ccc(NC(=O)c4cc(=O)[nH]c(-c5ccc(Cl)cc5)n4)cc3[nH]2)cc1. The molecule has 3 N–H and O–H groups in total. The predicted octanol–water partition coefficient (Wildman–Crippen LogP) is 4.82. The third-order valence-electron chi connectivity index (χ3n) is 5.41. The summed E-state index contributed by atoms with van der Waals surface area (Å²) in [6.45, 7) is 0. The number of benzene rings is 3. The third-order valence-corrected chi connectivity index (χ3v) is 5.66. The number of carbonyl (C=O) groups excluding carboxylic acids is 1. The molecule has 0 saturated carbocycles. The normalized spacial score (nSPS) is 10.9. The van der Waals surface area contributed by atoms with E-state index in [1.165, 1.54) is 0 Å². The highest BCUT2D eigenvalue weighted by molar-refractivity contribution is 6.30. The average molecular weight is 486 g/mol. The second-order valence-electron chi connectivity index (χ2n) is 7.88. The average Bonchev–Trinajstić information content (AvgIpc) is 3.26. The van der Waals surface area contributed by atoms with Gasteiger partial charge in [-0.15, -0.1) is 0 Å². The molecule has 0 aliphatic rings. The Balaban J connectivity index is 1.35. The van der Waals surface area contributed by atoms with Gasteiger partial charge in [0, 0.05) is 28.8 Å². The van der Waals surface area contributed by atoms with Crippen LogP contribution in [-0.4, -0.2) is 33.0 Å². The molecule has 3 aromatic carbocycles. The van der Waals surface area contributed by atoms with Crippen LogP contribution >= 0.6 is 11.6 Å². The van der Waals surface area contributed by atoms with E-state index >= 15 is 0 Å². The quantitative estimate of drug-likeness (QED) is 0.319. The van der Waals surface area contributed by atoms with E-state index in [9.17, 15) is 9.59 Å². The number of hydrogen-bond donors (Lipinski definition) is 3. The van der Waals surface area contributed by atoms with Gasteiger partial charge in [0.05, 0.1) is 18.1 Å². The molecule has 2 aromatic heterocycles. The highest BCUT2D eigenvalue weighted by Crippen LogP contribution is 2.21. The summed E-state index contributed by atoms with van der Waals surface area (Å²) in [5.41, 5.74) is 3.43. The van der Waals surface area contributed by atoms with Gasteiger partial charge in [0.1, 0.15) is 23.1 Å². The van der Waals surface area contributed by atoms with Crippen LogP contribution in [0.15, 0.2) is 77.6 Å². The van der Waals surface area contributed by atoms with Gasteiger partial charge in [-0.3, -0.25) is 9.59 Å². The first kappa shape index (κ1) is 22.4. The molecule has 2 heterocycles. The zero-order chi connectivity index (χ0) is 24.4. The van der Waals surface area contributed by atoms with Crippen molar-refractivity contribution >= 4 is 34.2 Å². The number of H-pyrrole nitrogens is 2. The first-order chi connectivity index (χ1) is 17.0. The molecule has 0 atom stereocenters. The Morgan fingerprint density at radius 1 is 0.971 bits per heavy atom. The maximum Gasteiger partial charge on any atom is 0.274 e. The Labute approximate surface area is 205 Å². The molecule has 1 amide bonds. The lowest BCUT2D eigenvalue weighted by Gasteiger charge is -2.07. The van der Waals surface area contributed by atoms with Gasteiger partial charge in [0.15, 0.2) is 0 Å². The summed E-state index contributed by atoms with van der Waals surface area (Å²) in [4.78, 5) is 39.9. The fourth-order valence-corrected chi connectivity index (χ4v) is 3.80. The van der Waals surface area contributed by atoms with E-state index in [1.54, 1.807) is 43.5 Å². The van der Waals surface area contributed by atoms with E-state index in [1.807, 2.05) is 30.3 Å². The molecule has 8 nitrogen and oxygen atoms in total. The number of imidazole rings is 1. The summed E-state index contributed by atoms with van der Waals surface area (Å²) >= 11 is 5.93. The van der Waals surface area contributed by atoms with Gasteiger partial charge < -0.3 is 20.0 Å². The van der Waals surface area contributed by atoms with Gasteiger partial charge in [-0.25, -0.2) is 9.97 Å². The zero-order valence-electron chi connectivity index (χ0n) is 18.6. The maximum absolute atomic E-state index is 12.9. The van der Waals surface area contributed by atoms with Gasteiger partial charge >= 0.3 is 0 Å². The minimum Gasteiger partial charge on any atom is -0.497 e. The summed E-state index contributed by atoms with van der Waals surface area (Å²) in [5, 5.41) is 3.36. The molecule has 0 aliphatic heterocycles. The number of fused-ring (bicyclic) bond motifs is 1. The first-order valence-electron chi connectivity index (χ1n) is 10.8. The molecule has 0 aliphatic carbocycles. The van der Waals surface area contributed by atoms with Crippen molar-refractivity contribution < 1.29 is 9.53 Å². The number of anilines is 1. The second-order valence-corrected chi connectivity index (χ2v) is 8.32. The van der Waals surface area contributed by atoms with E-state index in [4.69, 9.17) is 16.3 Å². The van der Waals surface area contributed by atoms with Crippen LogP contribution in [0.4, 0.5) is 5.69 Å². The standard InChI is InChI=1S/C26H20ClN5O3/c1-35-19-9-2-15(3-10-19)12-23-29-20-11-8-18(13-21(20)30-23)28-26(34)22-14-24(33)32-25(31-22)16-4-6-17(27)7-5-16/h2-11,13-14H,12H2,1H3,(H,28,34)(H,29,30)(H,31,32,33). The maximum atomic E-state index is 12.9. The van der Waals surface area contributed by atoms with Gasteiger partial charge in [-0.1, -0.05) is 23.7 Å². The molecular weight excluding hydrogens is 466 g/mol. The number of aromatic amines is 2. The van der Waals surface area contributed by atoms with Crippen molar-refractivity contribution in [2.75, 3.05) is 12.4 Å². The number of amides is 1. The van der Waals surface area contributed by atoms with Crippen LogP contribution in [0.2, 0.25) is 5.02 Å². The van der Waals surface area contributed by atoms with Crippen molar-refractivity contribution in [2.24, 2.45) is 0 Å². The molecular formula is C26H20ClN5O3. The molecule has 0 fully saturated rings. The number of ether oxygens (including phenoxy) is 1. The number of aromatic nitrogens is 4. The minimum atomic E-state index is -0.497. The molecule has 0 spiro atoms. The zero-order valence-corrected chi connectivity index (χ0v) is 19.4. The predicted molar refractivity (Wildman–Crippen MR) is 135 cm³/mol. The molecule has 0 unspecified atom stereocenters. The van der Waals surface area contributed by atoms with E-state index < -0.39 is 11.5 Å². The highest BCUT2D eigenvalue weighted by atomic mass is 35.5. The van der Waals surface area contributed by atoms with Crippen LogP contribution in [0.3, 0.4) is 0 Å². The molecule has 35 heavy (non-hydrogen) atoms. The Morgan fingerprint density at radius 3 is 2.49 bits per heavy atom. The van der Waals surface area contributed by atoms with Crippen LogP contribution < -0.4 is 15.6 Å². The van der Waals surface area contributed by atoms with Crippen LogP contribution in [0.1, 0.15) is 21.9 Å². The number of rotatable bonds is 6. The summed E-state index contributed by atoms with van der Waals surface area (Å²) in [5.74, 6) is 1.39. The number of halogens is 1. The van der Waals surface area contributed by atoms with Gasteiger partial charge in [-0.2, -0.15) is 0 Å². The lowest BCUT2D eigenvalue weighted by atomic mass is 10.1. The third kappa shape index (κ3) is 5.07. The van der Waals surface area contributed by atoms with E-state index in [0.717, 1.165) is 34.2 Å². The minimum absolute atomic E-state index is 0.00334. The van der Waals surface area contributed by atoms with Crippen molar-refractivity contribution in [1.29, 1.82) is 0 Å². The van der Waals surface area contributed by atoms with Crippen molar-refractivity contribution in [2.45, 2.75) is 6.42 Å². The van der Waals surface area contributed by atoms with Crippen molar-refractivity contribution in [3.05, 3.63) is 105 Å². The number of nitrogens with zero attached hydrogens (tertiary/aromatic N) is 2. The highest BCUT2D eigenvalue weighted by Gasteiger charge is 2.13. The molecule has 5 rings (SSSR count). The van der Waals surface area contributed by atoms with E-state index in [-0.39, 0.29) is 11.5 Å². The van der Waals surface area contributed by atoms with Gasteiger partial charge in [0.2, 0.25) is 0 Å². The summed E-state index contributed by atoms with van der Waals surface area (Å²) < 4.78 is 5.20. The van der Waals surface area contributed by atoms with E-state index in [2.05, 4.69) is 25.3 Å². The summed E-state index contributed by atoms with van der Waals surface area (Å²) in [6, 6.07) is 21.2. The molecule has 0 bridgehead atoms. The smallest absolute Gasteiger partial charge is 0.274 e. The monoisotopic (exact) mass is 485 g/mol. The van der Waals surface area contributed by atoms with Gasteiger partial charge in [0.25, 0.3) is 11.5 Å². The first-order valence-corrected chi connectivity index (χ1v) is 11.1. The van der Waals surface area contributed by atoms with Crippen molar-refractivity contribution in [1.82, 2.24) is 19.9 Å². The number of methoxy groups -OCH3 is 1. The van der Waals surface area contributed by atoms with Gasteiger partial charge in [-0.05, 0) is 60.2 Å². The topological polar surface area (TPSA) is 113 Å². The molecule has 0 radical (unpaired) electrons. The van der Waals surface area contributed by atoms with Crippen LogP contribution in [-0.2, 0) is 6.42 Å². The molecule has 174 valence electrons. The van der Waals surface area contributed by atoms with Crippen LogP contribution in [0.5, 0.6) is 5.75 Å². The lowest BCUT2D eigenvalue weighted by molar-refractivity contribution is 0.102. The Hall–Kier alpha value is -4.43. The molecule has 5 aromatic rings. The van der Waals surface area contributed by atoms with Crippen molar-refractivity contribution in [3.63, 3.8) is 0 Å².